The zero-order valence-electron chi connectivity index (χ0n) is 8.46. The van der Waals surface area contributed by atoms with Gasteiger partial charge in [-0.1, -0.05) is 31.5 Å². The first-order chi connectivity index (χ1) is 6.67. The minimum atomic E-state index is -0.128. The van der Waals surface area contributed by atoms with Crippen LogP contribution in [0.1, 0.15) is 37.7 Å². The normalized spacial score (nSPS) is 30.4. The molecule has 2 atom stereocenters. The number of hydrogen-bond acceptors (Lipinski definition) is 1. The Morgan fingerprint density at radius 3 is 2.86 bits per heavy atom. The van der Waals surface area contributed by atoms with Crippen LogP contribution in [0.5, 0.6) is 0 Å². The Kier molecular flexibility index (Phi) is 2.31. The van der Waals surface area contributed by atoms with E-state index in [1.54, 1.807) is 6.07 Å². The molecular formula is C12H16FN. The van der Waals surface area contributed by atoms with Crippen molar-refractivity contribution < 1.29 is 4.39 Å². The second-order valence-electron chi connectivity index (χ2n) is 4.26. The van der Waals surface area contributed by atoms with E-state index in [2.05, 4.69) is 6.92 Å². The molecule has 1 saturated carbocycles. The predicted octanol–water partition coefficient (Wildman–Crippen LogP) is 2.81. The fourth-order valence-electron chi connectivity index (χ4n) is 2.24. The van der Waals surface area contributed by atoms with Gasteiger partial charge >= 0.3 is 0 Å². The topological polar surface area (TPSA) is 26.0 Å². The van der Waals surface area contributed by atoms with Crippen molar-refractivity contribution in [1.29, 1.82) is 0 Å². The molecule has 0 amide bonds. The van der Waals surface area contributed by atoms with E-state index in [1.165, 1.54) is 6.07 Å². The van der Waals surface area contributed by atoms with E-state index < -0.39 is 0 Å². The van der Waals surface area contributed by atoms with Gasteiger partial charge in [-0.05, 0) is 24.5 Å². The molecule has 1 fully saturated rings. The Balaban J connectivity index is 2.16. The van der Waals surface area contributed by atoms with Gasteiger partial charge in [-0.3, -0.25) is 0 Å². The highest BCUT2D eigenvalue weighted by molar-refractivity contribution is 5.33. The van der Waals surface area contributed by atoms with Gasteiger partial charge in [0.1, 0.15) is 5.82 Å². The van der Waals surface area contributed by atoms with Gasteiger partial charge in [0, 0.05) is 11.5 Å². The summed E-state index contributed by atoms with van der Waals surface area (Å²) in [5.74, 6) is 0.129. The molecule has 0 aliphatic heterocycles. The Labute approximate surface area is 84.1 Å². The number of nitrogens with two attached hydrogens (primary N) is 1. The fraction of sp³-hybridized carbons (Fsp3) is 0.500. The summed E-state index contributed by atoms with van der Waals surface area (Å²) in [4.78, 5) is 0. The smallest absolute Gasteiger partial charge is 0.126 e. The molecule has 2 heteroatoms. The summed E-state index contributed by atoms with van der Waals surface area (Å²) in [6.07, 6.45) is 3.00. The van der Waals surface area contributed by atoms with Crippen molar-refractivity contribution in [3.8, 4) is 0 Å². The second-order valence-corrected chi connectivity index (χ2v) is 4.26. The minimum Gasteiger partial charge on any atom is -0.325 e. The third kappa shape index (κ3) is 1.55. The van der Waals surface area contributed by atoms with Gasteiger partial charge in [-0.15, -0.1) is 0 Å². The Hall–Kier alpha value is -0.890. The maximum absolute atomic E-state index is 13.4. The van der Waals surface area contributed by atoms with Crippen LogP contribution in [-0.2, 0) is 0 Å². The van der Waals surface area contributed by atoms with Crippen LogP contribution in [0.4, 0.5) is 4.39 Å². The van der Waals surface area contributed by atoms with Gasteiger partial charge in [0.2, 0.25) is 0 Å². The lowest BCUT2D eigenvalue weighted by Gasteiger charge is -2.10. The van der Waals surface area contributed by atoms with E-state index in [1.807, 2.05) is 12.1 Å². The van der Waals surface area contributed by atoms with Crippen LogP contribution in [0.3, 0.4) is 0 Å². The summed E-state index contributed by atoms with van der Waals surface area (Å²) in [7, 11) is 0. The first-order valence-electron chi connectivity index (χ1n) is 5.20. The SMILES string of the molecule is CCCC1(N)CC1c1ccccc1F. The van der Waals surface area contributed by atoms with Gasteiger partial charge in [-0.2, -0.15) is 0 Å². The molecule has 0 spiro atoms. The predicted molar refractivity (Wildman–Crippen MR) is 55.6 cm³/mol. The first kappa shape index (κ1) is 9.66. The van der Waals surface area contributed by atoms with Gasteiger partial charge in [0.15, 0.2) is 0 Å². The van der Waals surface area contributed by atoms with Crippen LogP contribution in [0.2, 0.25) is 0 Å². The molecular weight excluding hydrogens is 177 g/mol. The van der Waals surface area contributed by atoms with Crippen LogP contribution in [0, 0.1) is 5.82 Å². The molecule has 1 aliphatic rings. The average molecular weight is 193 g/mol. The minimum absolute atomic E-state index is 0.110. The molecule has 2 N–H and O–H groups in total. The third-order valence-corrected chi connectivity index (χ3v) is 3.11. The molecule has 2 rings (SSSR count). The standard InChI is InChI=1S/C12H16FN/c1-2-7-12(14)8-10(12)9-5-3-4-6-11(9)13/h3-6,10H,2,7-8,14H2,1H3. The molecule has 1 aromatic rings. The molecule has 1 nitrogen and oxygen atoms in total. The van der Waals surface area contributed by atoms with E-state index in [9.17, 15) is 4.39 Å². The zero-order chi connectivity index (χ0) is 10.2. The second kappa shape index (κ2) is 3.35. The van der Waals surface area contributed by atoms with Crippen LogP contribution < -0.4 is 5.73 Å². The molecule has 1 aromatic carbocycles. The summed E-state index contributed by atoms with van der Waals surface area (Å²) >= 11 is 0. The summed E-state index contributed by atoms with van der Waals surface area (Å²) in [6.45, 7) is 2.12. The van der Waals surface area contributed by atoms with Gasteiger partial charge in [-0.25, -0.2) is 4.39 Å². The van der Waals surface area contributed by atoms with Crippen molar-refractivity contribution in [2.45, 2.75) is 37.6 Å². The Bertz CT molecular complexity index is 337. The first-order valence-corrected chi connectivity index (χ1v) is 5.20. The zero-order valence-corrected chi connectivity index (χ0v) is 8.46. The van der Waals surface area contributed by atoms with Crippen LogP contribution in [0.25, 0.3) is 0 Å². The number of hydrogen-bond donors (Lipinski definition) is 1. The van der Waals surface area contributed by atoms with Crippen molar-refractivity contribution in [2.24, 2.45) is 5.73 Å². The molecule has 0 radical (unpaired) electrons. The molecule has 76 valence electrons. The van der Waals surface area contributed by atoms with E-state index in [4.69, 9.17) is 5.73 Å². The van der Waals surface area contributed by atoms with E-state index in [-0.39, 0.29) is 17.3 Å². The number of benzene rings is 1. The average Bonchev–Trinajstić information content (AvgIpc) is 2.79. The quantitative estimate of drug-likeness (QED) is 0.784. The van der Waals surface area contributed by atoms with E-state index in [0.29, 0.717) is 0 Å². The lowest BCUT2D eigenvalue weighted by Crippen LogP contribution is -2.24. The van der Waals surface area contributed by atoms with Crippen molar-refractivity contribution in [1.82, 2.24) is 0 Å². The van der Waals surface area contributed by atoms with Gasteiger partial charge < -0.3 is 5.73 Å². The summed E-state index contributed by atoms with van der Waals surface area (Å²) in [5, 5.41) is 0. The monoisotopic (exact) mass is 193 g/mol. The molecule has 1 aliphatic carbocycles. The maximum atomic E-state index is 13.4. The van der Waals surface area contributed by atoms with Crippen molar-refractivity contribution in [3.05, 3.63) is 35.6 Å². The molecule has 2 unspecified atom stereocenters. The van der Waals surface area contributed by atoms with E-state index >= 15 is 0 Å². The molecule has 0 aromatic heterocycles. The summed E-state index contributed by atoms with van der Waals surface area (Å²) in [6, 6.07) is 6.96. The Morgan fingerprint density at radius 1 is 1.50 bits per heavy atom. The summed E-state index contributed by atoms with van der Waals surface area (Å²) < 4.78 is 13.4. The number of rotatable bonds is 3. The van der Waals surface area contributed by atoms with Crippen LogP contribution >= 0.6 is 0 Å². The lowest BCUT2D eigenvalue weighted by molar-refractivity contribution is 0.559. The van der Waals surface area contributed by atoms with Crippen molar-refractivity contribution >= 4 is 0 Å². The fourth-order valence-corrected chi connectivity index (χ4v) is 2.24. The Morgan fingerprint density at radius 2 is 2.21 bits per heavy atom. The van der Waals surface area contributed by atoms with Crippen molar-refractivity contribution in [2.75, 3.05) is 0 Å². The maximum Gasteiger partial charge on any atom is 0.126 e. The highest BCUT2D eigenvalue weighted by atomic mass is 19.1. The largest absolute Gasteiger partial charge is 0.325 e. The summed E-state index contributed by atoms with van der Waals surface area (Å²) in [5.41, 5.74) is 6.80. The van der Waals surface area contributed by atoms with Gasteiger partial charge in [0.25, 0.3) is 0 Å². The molecule has 0 bridgehead atoms. The van der Waals surface area contributed by atoms with Crippen LogP contribution in [0.15, 0.2) is 24.3 Å². The van der Waals surface area contributed by atoms with Gasteiger partial charge in [0.05, 0.1) is 0 Å². The molecule has 14 heavy (non-hydrogen) atoms. The van der Waals surface area contributed by atoms with Crippen molar-refractivity contribution in [3.63, 3.8) is 0 Å². The lowest BCUT2D eigenvalue weighted by atomic mass is 10.0. The van der Waals surface area contributed by atoms with E-state index in [0.717, 1.165) is 24.8 Å². The highest BCUT2D eigenvalue weighted by Gasteiger charge is 2.51. The third-order valence-electron chi connectivity index (χ3n) is 3.11. The van der Waals surface area contributed by atoms with Crippen LogP contribution in [-0.4, -0.2) is 5.54 Å². The molecule has 0 saturated heterocycles. The molecule has 0 heterocycles. The highest BCUT2D eigenvalue weighted by Crippen LogP contribution is 2.52. The number of halogens is 1.